The first-order chi connectivity index (χ1) is 10.1. The Labute approximate surface area is 123 Å². The van der Waals surface area contributed by atoms with Crippen LogP contribution in [0.3, 0.4) is 0 Å². The Kier molecular flexibility index (Phi) is 4.94. The van der Waals surface area contributed by atoms with E-state index in [9.17, 15) is 9.59 Å². The molecule has 1 aromatic carbocycles. The van der Waals surface area contributed by atoms with Gasteiger partial charge in [-0.15, -0.1) is 0 Å². The van der Waals surface area contributed by atoms with Gasteiger partial charge in [0.05, 0.1) is 18.2 Å². The molecule has 0 saturated carbocycles. The van der Waals surface area contributed by atoms with Crippen LogP contribution in [0.5, 0.6) is 0 Å². The predicted octanol–water partition coefficient (Wildman–Crippen LogP) is 1.50. The van der Waals surface area contributed by atoms with Gasteiger partial charge >= 0.3 is 12.0 Å². The van der Waals surface area contributed by atoms with Crippen LogP contribution in [0.2, 0.25) is 0 Å². The van der Waals surface area contributed by atoms with Crippen LogP contribution in [-0.2, 0) is 14.3 Å². The van der Waals surface area contributed by atoms with Crippen molar-refractivity contribution in [2.45, 2.75) is 13.0 Å². The number of benzene rings is 1. The third-order valence-electron chi connectivity index (χ3n) is 3.14. The van der Waals surface area contributed by atoms with E-state index >= 15 is 0 Å². The Balaban J connectivity index is 2.26. The maximum absolute atomic E-state index is 12.2. The number of ether oxygens (including phenoxy) is 2. The minimum absolute atomic E-state index is 0.168. The molecular weight excluding hydrogens is 272 g/mol. The van der Waals surface area contributed by atoms with E-state index in [1.54, 1.807) is 6.92 Å². The van der Waals surface area contributed by atoms with Crippen LogP contribution in [0, 0.1) is 0 Å². The van der Waals surface area contributed by atoms with E-state index in [0.29, 0.717) is 17.9 Å². The number of hydrogen-bond donors (Lipinski definition) is 2. The summed E-state index contributed by atoms with van der Waals surface area (Å²) in [6.45, 7) is 2.18. The molecule has 0 bridgehead atoms. The van der Waals surface area contributed by atoms with Crippen molar-refractivity contribution in [1.82, 2.24) is 10.6 Å². The van der Waals surface area contributed by atoms with E-state index in [1.165, 1.54) is 7.11 Å². The molecule has 2 amide bonds. The third kappa shape index (κ3) is 3.61. The lowest BCUT2D eigenvalue weighted by atomic mass is 9.96. The predicted molar refractivity (Wildman–Crippen MR) is 76.4 cm³/mol. The summed E-state index contributed by atoms with van der Waals surface area (Å²) in [7, 11) is 1.54. The van der Waals surface area contributed by atoms with Crippen molar-refractivity contribution in [3.05, 3.63) is 47.2 Å². The number of methoxy groups -OCH3 is 1. The summed E-state index contributed by atoms with van der Waals surface area (Å²) in [5.41, 5.74) is 1.72. The molecule has 1 aliphatic heterocycles. The largest absolute Gasteiger partial charge is 0.460 e. The van der Waals surface area contributed by atoms with Crippen molar-refractivity contribution in [3.63, 3.8) is 0 Å². The number of urea groups is 1. The normalized spacial score (nSPS) is 18.0. The van der Waals surface area contributed by atoms with Crippen LogP contribution in [0.1, 0.15) is 18.5 Å². The molecule has 2 rings (SSSR count). The van der Waals surface area contributed by atoms with Crippen molar-refractivity contribution in [2.24, 2.45) is 0 Å². The van der Waals surface area contributed by atoms with Gasteiger partial charge in [-0.25, -0.2) is 9.59 Å². The van der Waals surface area contributed by atoms with Crippen LogP contribution in [-0.4, -0.2) is 32.3 Å². The van der Waals surface area contributed by atoms with Gasteiger partial charge < -0.3 is 20.1 Å². The molecule has 0 saturated heterocycles. The first-order valence-corrected chi connectivity index (χ1v) is 6.62. The van der Waals surface area contributed by atoms with Crippen molar-refractivity contribution in [1.29, 1.82) is 0 Å². The molecule has 6 nitrogen and oxygen atoms in total. The standard InChI is InChI=1S/C15H18N2O4/c1-10-12(14(18)21-9-8-20-2)13(17-15(19)16-10)11-6-4-3-5-7-11/h3-7,13H,8-9H2,1-2H3,(H2,16,17,19). The molecule has 1 heterocycles. The Morgan fingerprint density at radius 3 is 2.62 bits per heavy atom. The summed E-state index contributed by atoms with van der Waals surface area (Å²) < 4.78 is 10.0. The fourth-order valence-corrected chi connectivity index (χ4v) is 2.16. The molecule has 0 aliphatic carbocycles. The van der Waals surface area contributed by atoms with E-state index in [4.69, 9.17) is 9.47 Å². The third-order valence-corrected chi connectivity index (χ3v) is 3.14. The number of rotatable bonds is 5. The van der Waals surface area contributed by atoms with Crippen molar-refractivity contribution >= 4 is 12.0 Å². The Morgan fingerprint density at radius 2 is 1.95 bits per heavy atom. The fraction of sp³-hybridized carbons (Fsp3) is 0.333. The molecule has 21 heavy (non-hydrogen) atoms. The van der Waals surface area contributed by atoms with Gasteiger partial charge in [0, 0.05) is 12.8 Å². The lowest BCUT2D eigenvalue weighted by Crippen LogP contribution is -2.45. The summed E-state index contributed by atoms with van der Waals surface area (Å²) in [6, 6.07) is 8.43. The number of nitrogens with one attached hydrogen (secondary N) is 2. The molecule has 0 spiro atoms. The topological polar surface area (TPSA) is 76.7 Å². The molecule has 1 atom stereocenters. The zero-order chi connectivity index (χ0) is 15.2. The Bertz CT molecular complexity index is 554. The average Bonchev–Trinajstić information content (AvgIpc) is 2.47. The van der Waals surface area contributed by atoms with Gasteiger partial charge in [-0.1, -0.05) is 30.3 Å². The highest BCUT2D eigenvalue weighted by molar-refractivity contribution is 5.95. The highest BCUT2D eigenvalue weighted by Crippen LogP contribution is 2.27. The maximum atomic E-state index is 12.2. The highest BCUT2D eigenvalue weighted by Gasteiger charge is 2.31. The van der Waals surface area contributed by atoms with Crippen LogP contribution in [0.25, 0.3) is 0 Å². The number of carbonyl (C=O) groups excluding carboxylic acids is 2. The van der Waals surface area contributed by atoms with Gasteiger partial charge in [0.1, 0.15) is 6.61 Å². The number of esters is 1. The lowest BCUT2D eigenvalue weighted by Gasteiger charge is -2.28. The summed E-state index contributed by atoms with van der Waals surface area (Å²) in [5.74, 6) is -0.467. The second-order valence-electron chi connectivity index (χ2n) is 4.61. The Hall–Kier alpha value is -2.34. The zero-order valence-corrected chi connectivity index (χ0v) is 12.0. The first-order valence-electron chi connectivity index (χ1n) is 6.62. The summed E-state index contributed by atoms with van der Waals surface area (Å²) >= 11 is 0. The van der Waals surface area contributed by atoms with Gasteiger partial charge in [0.2, 0.25) is 0 Å². The number of allylic oxidation sites excluding steroid dienone is 1. The minimum atomic E-state index is -0.519. The molecule has 1 aromatic rings. The second-order valence-corrected chi connectivity index (χ2v) is 4.61. The summed E-state index contributed by atoms with van der Waals surface area (Å²) in [6.07, 6.45) is 0. The molecule has 0 radical (unpaired) electrons. The van der Waals surface area contributed by atoms with Gasteiger partial charge in [-0.3, -0.25) is 0 Å². The molecule has 112 valence electrons. The number of carbonyl (C=O) groups is 2. The van der Waals surface area contributed by atoms with Gasteiger partial charge in [0.25, 0.3) is 0 Å². The molecular formula is C15H18N2O4. The number of hydrogen-bond acceptors (Lipinski definition) is 4. The fourth-order valence-electron chi connectivity index (χ4n) is 2.16. The summed E-state index contributed by atoms with van der Waals surface area (Å²) in [4.78, 5) is 23.9. The van der Waals surface area contributed by atoms with Gasteiger partial charge in [-0.2, -0.15) is 0 Å². The SMILES string of the molecule is COCCOC(=O)C1=C(C)NC(=O)NC1c1ccccc1. The van der Waals surface area contributed by atoms with Crippen molar-refractivity contribution in [2.75, 3.05) is 20.3 Å². The lowest BCUT2D eigenvalue weighted by molar-refractivity contribution is -0.140. The smallest absolute Gasteiger partial charge is 0.338 e. The molecule has 6 heteroatoms. The molecule has 1 aliphatic rings. The van der Waals surface area contributed by atoms with E-state index < -0.39 is 12.0 Å². The van der Waals surface area contributed by atoms with Gasteiger partial charge in [0.15, 0.2) is 0 Å². The monoisotopic (exact) mass is 290 g/mol. The van der Waals surface area contributed by atoms with Crippen LogP contribution >= 0.6 is 0 Å². The van der Waals surface area contributed by atoms with Crippen LogP contribution in [0.4, 0.5) is 4.79 Å². The number of amides is 2. The maximum Gasteiger partial charge on any atom is 0.338 e. The molecule has 0 aromatic heterocycles. The highest BCUT2D eigenvalue weighted by atomic mass is 16.6. The van der Waals surface area contributed by atoms with E-state index in [-0.39, 0.29) is 12.6 Å². The van der Waals surface area contributed by atoms with Crippen LogP contribution < -0.4 is 10.6 Å². The Morgan fingerprint density at radius 1 is 1.24 bits per heavy atom. The van der Waals surface area contributed by atoms with E-state index in [2.05, 4.69) is 10.6 Å². The van der Waals surface area contributed by atoms with Crippen molar-refractivity contribution < 1.29 is 19.1 Å². The molecule has 2 N–H and O–H groups in total. The van der Waals surface area contributed by atoms with Crippen LogP contribution in [0.15, 0.2) is 41.6 Å². The van der Waals surface area contributed by atoms with E-state index in [1.807, 2.05) is 30.3 Å². The first kappa shape index (κ1) is 15.1. The zero-order valence-electron chi connectivity index (χ0n) is 12.0. The molecule has 0 fully saturated rings. The average molecular weight is 290 g/mol. The second kappa shape index (κ2) is 6.90. The van der Waals surface area contributed by atoms with E-state index in [0.717, 1.165) is 5.56 Å². The minimum Gasteiger partial charge on any atom is -0.460 e. The summed E-state index contributed by atoms with van der Waals surface area (Å²) in [5, 5.41) is 5.34. The van der Waals surface area contributed by atoms with Gasteiger partial charge in [-0.05, 0) is 12.5 Å². The van der Waals surface area contributed by atoms with Crippen molar-refractivity contribution in [3.8, 4) is 0 Å². The molecule has 1 unspecified atom stereocenters. The quantitative estimate of drug-likeness (QED) is 0.636.